The lowest BCUT2D eigenvalue weighted by molar-refractivity contribution is 0.0306. The van der Waals surface area contributed by atoms with Crippen LogP contribution in [0.4, 0.5) is 0 Å². The van der Waals surface area contributed by atoms with Gasteiger partial charge in [0.15, 0.2) is 0 Å². The third-order valence-corrected chi connectivity index (χ3v) is 5.34. The number of likely N-dealkylation sites (tertiary alicyclic amines) is 1. The van der Waals surface area contributed by atoms with Gasteiger partial charge in [-0.1, -0.05) is 0 Å². The van der Waals surface area contributed by atoms with E-state index in [1.54, 1.807) is 6.20 Å². The summed E-state index contributed by atoms with van der Waals surface area (Å²) in [6, 6.07) is 2.06. The molecule has 1 saturated carbocycles. The first kappa shape index (κ1) is 14.0. The van der Waals surface area contributed by atoms with Crippen molar-refractivity contribution in [3.05, 3.63) is 36.7 Å². The minimum atomic E-state index is -0.283. The average molecular weight is 301 g/mol. The normalized spacial score (nSPS) is 32.3. The highest BCUT2D eigenvalue weighted by Crippen LogP contribution is 2.41. The molecule has 118 valence electrons. The Morgan fingerprint density at radius 2 is 2.00 bits per heavy atom. The van der Waals surface area contributed by atoms with Crippen LogP contribution in [0.15, 0.2) is 30.9 Å². The smallest absolute Gasteiger partial charge is 0.122 e. The van der Waals surface area contributed by atoms with Crippen LogP contribution in [-0.2, 0) is 13.6 Å². The molecule has 0 unspecified atom stereocenters. The number of rotatable bonds is 3. The van der Waals surface area contributed by atoms with Crippen LogP contribution in [0.25, 0.3) is 0 Å². The molecule has 1 aliphatic heterocycles. The van der Waals surface area contributed by atoms with E-state index < -0.39 is 0 Å². The minimum Gasteiger partial charge on any atom is -0.391 e. The number of hydrogen-bond acceptors (Lipinski definition) is 4. The average Bonchev–Trinajstić information content (AvgIpc) is 3.20. The molecule has 6 heteroatoms. The summed E-state index contributed by atoms with van der Waals surface area (Å²) in [6.07, 6.45) is 9.23. The number of aryl methyl sites for hydroxylation is 1. The summed E-state index contributed by atoms with van der Waals surface area (Å²) in [6.45, 7) is 3.07. The van der Waals surface area contributed by atoms with Crippen molar-refractivity contribution in [3.8, 4) is 0 Å². The number of fused-ring (bicyclic) bond motifs is 1. The zero-order valence-corrected chi connectivity index (χ0v) is 12.9. The maximum absolute atomic E-state index is 10.5. The van der Waals surface area contributed by atoms with Gasteiger partial charge in [0, 0.05) is 44.9 Å². The number of nitrogens with zero attached hydrogens (tertiary/aromatic N) is 5. The molecule has 2 aromatic heterocycles. The lowest BCUT2D eigenvalue weighted by atomic mass is 9.77. The second-order valence-electron chi connectivity index (χ2n) is 6.76. The molecule has 0 radical (unpaired) electrons. The van der Waals surface area contributed by atoms with Crippen molar-refractivity contribution in [3.63, 3.8) is 0 Å². The van der Waals surface area contributed by atoms with Gasteiger partial charge in [-0.05, 0) is 30.7 Å². The molecular weight excluding hydrogens is 278 g/mol. The van der Waals surface area contributed by atoms with Crippen LogP contribution in [0.3, 0.4) is 0 Å². The third kappa shape index (κ3) is 2.46. The highest BCUT2D eigenvalue weighted by atomic mass is 16.3. The molecule has 1 N–H and O–H groups in total. The lowest BCUT2D eigenvalue weighted by Crippen LogP contribution is -2.36. The van der Waals surface area contributed by atoms with E-state index in [2.05, 4.69) is 19.5 Å². The number of aliphatic hydroxyl groups excluding tert-OH is 1. The summed E-state index contributed by atoms with van der Waals surface area (Å²) in [4.78, 5) is 6.91. The topological polar surface area (TPSA) is 59.1 Å². The number of aromatic nitrogens is 4. The number of aliphatic hydroxyl groups is 1. The molecule has 2 aliphatic rings. The van der Waals surface area contributed by atoms with E-state index in [4.69, 9.17) is 0 Å². The van der Waals surface area contributed by atoms with Crippen molar-refractivity contribution in [2.24, 2.45) is 18.9 Å². The molecule has 4 atom stereocenters. The van der Waals surface area contributed by atoms with Gasteiger partial charge in [-0.25, -0.2) is 4.98 Å². The number of imidazole rings is 1. The first-order valence-corrected chi connectivity index (χ1v) is 8.06. The Kier molecular flexibility index (Phi) is 3.50. The largest absolute Gasteiger partial charge is 0.391 e. The van der Waals surface area contributed by atoms with Crippen molar-refractivity contribution in [2.45, 2.75) is 31.5 Å². The Balaban J connectivity index is 1.44. The molecule has 2 aromatic rings. The molecule has 0 amide bonds. The van der Waals surface area contributed by atoms with Crippen molar-refractivity contribution in [1.29, 1.82) is 0 Å². The fourth-order valence-electron chi connectivity index (χ4n) is 4.14. The quantitative estimate of drug-likeness (QED) is 0.921. The van der Waals surface area contributed by atoms with E-state index in [-0.39, 0.29) is 12.1 Å². The van der Waals surface area contributed by atoms with Gasteiger partial charge in [-0.15, -0.1) is 0 Å². The molecule has 0 aromatic carbocycles. The molecule has 6 nitrogen and oxygen atoms in total. The fraction of sp³-hybridized carbons (Fsp3) is 0.625. The molecule has 0 bridgehead atoms. The van der Waals surface area contributed by atoms with E-state index in [1.807, 2.05) is 36.4 Å². The van der Waals surface area contributed by atoms with Crippen LogP contribution in [0, 0.1) is 11.8 Å². The van der Waals surface area contributed by atoms with Crippen molar-refractivity contribution in [1.82, 2.24) is 24.2 Å². The van der Waals surface area contributed by atoms with Crippen LogP contribution in [0.1, 0.15) is 24.7 Å². The Morgan fingerprint density at radius 1 is 1.18 bits per heavy atom. The Hall–Kier alpha value is -1.66. The van der Waals surface area contributed by atoms with E-state index in [0.717, 1.165) is 38.3 Å². The summed E-state index contributed by atoms with van der Waals surface area (Å²) < 4.78 is 4.02. The molecule has 3 heterocycles. The Labute approximate surface area is 130 Å². The SMILES string of the molecule is Cn1ccnc1CN1C[C@H]2C[C@H](O)[C@@H](n3cccn3)C[C@H]2C1. The molecule has 2 fully saturated rings. The van der Waals surface area contributed by atoms with E-state index in [9.17, 15) is 5.11 Å². The standard InChI is InChI=1S/C16H23N5O/c1-19-6-4-17-16(19)11-20-9-12-7-14(21-5-2-3-18-21)15(22)8-13(12)10-20/h2-6,12-15,22H,7-11H2,1H3/t12-,13+,14-,15-/m0/s1. The third-order valence-electron chi connectivity index (χ3n) is 5.34. The minimum absolute atomic E-state index is 0.129. The molecule has 0 spiro atoms. The van der Waals surface area contributed by atoms with E-state index >= 15 is 0 Å². The first-order valence-electron chi connectivity index (χ1n) is 8.06. The summed E-state index contributed by atoms with van der Waals surface area (Å²) in [5.74, 6) is 2.36. The lowest BCUT2D eigenvalue weighted by Gasteiger charge is -2.35. The maximum atomic E-state index is 10.5. The van der Waals surface area contributed by atoms with Crippen molar-refractivity contribution in [2.75, 3.05) is 13.1 Å². The van der Waals surface area contributed by atoms with Crippen LogP contribution < -0.4 is 0 Å². The second-order valence-corrected chi connectivity index (χ2v) is 6.76. The van der Waals surface area contributed by atoms with Crippen LogP contribution in [0.2, 0.25) is 0 Å². The summed E-state index contributed by atoms with van der Waals surface area (Å²) in [7, 11) is 2.04. The van der Waals surface area contributed by atoms with Gasteiger partial charge in [0.1, 0.15) is 5.82 Å². The Bertz CT molecular complexity index is 622. The van der Waals surface area contributed by atoms with Crippen molar-refractivity contribution >= 4 is 0 Å². The van der Waals surface area contributed by atoms with Gasteiger partial charge >= 0.3 is 0 Å². The van der Waals surface area contributed by atoms with Gasteiger partial charge in [-0.3, -0.25) is 9.58 Å². The molecule has 22 heavy (non-hydrogen) atoms. The maximum Gasteiger partial charge on any atom is 0.122 e. The highest BCUT2D eigenvalue weighted by molar-refractivity contribution is 4.98. The predicted octanol–water partition coefficient (Wildman–Crippen LogP) is 1.06. The zero-order chi connectivity index (χ0) is 15.1. The Morgan fingerprint density at radius 3 is 2.68 bits per heavy atom. The molecule has 1 saturated heterocycles. The highest BCUT2D eigenvalue weighted by Gasteiger charge is 2.42. The molecule has 4 rings (SSSR count). The fourth-order valence-corrected chi connectivity index (χ4v) is 4.14. The molecule has 1 aliphatic carbocycles. The predicted molar refractivity (Wildman–Crippen MR) is 82.0 cm³/mol. The zero-order valence-electron chi connectivity index (χ0n) is 12.9. The monoisotopic (exact) mass is 301 g/mol. The number of hydrogen-bond donors (Lipinski definition) is 1. The van der Waals surface area contributed by atoms with E-state index in [0.29, 0.717) is 11.8 Å². The van der Waals surface area contributed by atoms with Crippen LogP contribution in [0.5, 0.6) is 0 Å². The summed E-state index contributed by atoms with van der Waals surface area (Å²) >= 11 is 0. The van der Waals surface area contributed by atoms with Crippen LogP contribution >= 0.6 is 0 Å². The van der Waals surface area contributed by atoms with Crippen LogP contribution in [-0.4, -0.2) is 48.5 Å². The van der Waals surface area contributed by atoms with E-state index in [1.165, 1.54) is 0 Å². The van der Waals surface area contributed by atoms with Gasteiger partial charge in [0.05, 0.1) is 18.7 Å². The van der Waals surface area contributed by atoms with Gasteiger partial charge in [-0.2, -0.15) is 5.10 Å². The first-order chi connectivity index (χ1) is 10.7. The van der Waals surface area contributed by atoms with Crippen molar-refractivity contribution < 1.29 is 5.11 Å². The van der Waals surface area contributed by atoms with Gasteiger partial charge < -0.3 is 9.67 Å². The second kappa shape index (κ2) is 5.52. The summed E-state index contributed by atoms with van der Waals surface area (Å²) in [5, 5.41) is 14.8. The molecular formula is C16H23N5O. The van der Waals surface area contributed by atoms with Gasteiger partial charge in [0.2, 0.25) is 0 Å². The van der Waals surface area contributed by atoms with Gasteiger partial charge in [0.25, 0.3) is 0 Å². The summed E-state index contributed by atoms with van der Waals surface area (Å²) in [5.41, 5.74) is 0.